The fourth-order valence-corrected chi connectivity index (χ4v) is 2.95. The van der Waals surface area contributed by atoms with Crippen molar-refractivity contribution in [3.8, 4) is 17.1 Å². The summed E-state index contributed by atoms with van der Waals surface area (Å²) in [6.45, 7) is 0. The average molecular weight is 437 g/mol. The molecule has 3 N–H and O–H groups in total. The Kier molecular flexibility index (Phi) is 6.05. The van der Waals surface area contributed by atoms with Crippen molar-refractivity contribution in [3.05, 3.63) is 58.0 Å². The van der Waals surface area contributed by atoms with Crippen LogP contribution >= 0.6 is 23.2 Å². The number of para-hydroxylation sites is 2. The molecule has 0 saturated heterocycles. The number of ether oxygens (including phenoxy) is 2. The van der Waals surface area contributed by atoms with Crippen molar-refractivity contribution in [2.45, 2.75) is 0 Å². The molecule has 10 heteroatoms. The van der Waals surface area contributed by atoms with E-state index in [-0.39, 0.29) is 38.7 Å². The van der Waals surface area contributed by atoms with Gasteiger partial charge in [-0.1, -0.05) is 35.3 Å². The lowest BCUT2D eigenvalue weighted by molar-refractivity contribution is 0.0594. The summed E-state index contributed by atoms with van der Waals surface area (Å²) in [5.41, 5.74) is 6.56. The molecular weight excluding hydrogens is 422 g/mol. The van der Waals surface area contributed by atoms with E-state index in [0.29, 0.717) is 11.4 Å². The molecule has 0 spiro atoms. The largest absolute Gasteiger partial charge is 0.492 e. The van der Waals surface area contributed by atoms with Gasteiger partial charge in [0.2, 0.25) is 0 Å². The number of esters is 1. The summed E-state index contributed by atoms with van der Waals surface area (Å²) in [5, 5.41) is 2.90. The van der Waals surface area contributed by atoms with Crippen LogP contribution in [-0.4, -0.2) is 30.2 Å². The summed E-state index contributed by atoms with van der Waals surface area (Å²) in [4.78, 5) is 20.5. The molecule has 0 saturated carbocycles. The number of nitrogen functional groups attached to an aromatic ring is 1. The van der Waals surface area contributed by atoms with Gasteiger partial charge in [0.05, 0.1) is 36.2 Å². The zero-order chi connectivity index (χ0) is 21.1. The molecule has 1 aromatic heterocycles. The van der Waals surface area contributed by atoms with Gasteiger partial charge in [-0.3, -0.25) is 0 Å². The topological polar surface area (TPSA) is 99.4 Å². The van der Waals surface area contributed by atoms with E-state index in [4.69, 9.17) is 38.4 Å². The first kappa shape index (κ1) is 20.6. The Bertz CT molecular complexity index is 1100. The molecule has 29 heavy (non-hydrogen) atoms. The molecule has 0 aliphatic heterocycles. The third-order valence-corrected chi connectivity index (χ3v) is 4.59. The number of nitrogens with one attached hydrogen (secondary N) is 1. The van der Waals surface area contributed by atoms with Crippen molar-refractivity contribution in [3.63, 3.8) is 0 Å². The van der Waals surface area contributed by atoms with Gasteiger partial charge in [0.15, 0.2) is 28.9 Å². The van der Waals surface area contributed by atoms with Crippen LogP contribution in [0.15, 0.2) is 36.4 Å². The van der Waals surface area contributed by atoms with E-state index in [1.165, 1.54) is 26.4 Å². The minimum atomic E-state index is -0.816. The molecule has 2 aromatic carbocycles. The van der Waals surface area contributed by atoms with Gasteiger partial charge in [-0.25, -0.2) is 19.2 Å². The molecule has 0 aliphatic rings. The van der Waals surface area contributed by atoms with Crippen molar-refractivity contribution in [1.29, 1.82) is 0 Å². The highest BCUT2D eigenvalue weighted by Crippen LogP contribution is 2.36. The Labute approximate surface area is 175 Å². The number of hydrogen-bond donors (Lipinski definition) is 2. The van der Waals surface area contributed by atoms with E-state index in [1.807, 2.05) is 0 Å². The van der Waals surface area contributed by atoms with Crippen molar-refractivity contribution < 1.29 is 18.7 Å². The van der Waals surface area contributed by atoms with Crippen LogP contribution < -0.4 is 15.8 Å². The van der Waals surface area contributed by atoms with Crippen LogP contribution in [0.5, 0.6) is 5.75 Å². The molecule has 0 radical (unpaired) electrons. The third kappa shape index (κ3) is 4.03. The molecule has 0 amide bonds. The zero-order valence-corrected chi connectivity index (χ0v) is 16.8. The Morgan fingerprint density at radius 3 is 2.52 bits per heavy atom. The van der Waals surface area contributed by atoms with E-state index in [9.17, 15) is 9.18 Å². The highest BCUT2D eigenvalue weighted by molar-refractivity contribution is 6.35. The van der Waals surface area contributed by atoms with Crippen LogP contribution in [0.25, 0.3) is 11.4 Å². The zero-order valence-electron chi connectivity index (χ0n) is 15.3. The number of carbonyl (C=O) groups excluding carboxylic acids is 1. The number of benzene rings is 2. The molecule has 1 heterocycles. The van der Waals surface area contributed by atoms with Gasteiger partial charge < -0.3 is 20.5 Å². The number of nitrogens with two attached hydrogens (primary N) is 1. The Morgan fingerprint density at radius 2 is 1.86 bits per heavy atom. The summed E-state index contributed by atoms with van der Waals surface area (Å²) in [6, 6.07) is 9.66. The van der Waals surface area contributed by atoms with E-state index >= 15 is 0 Å². The van der Waals surface area contributed by atoms with Crippen LogP contribution in [0.2, 0.25) is 10.0 Å². The molecule has 0 unspecified atom stereocenters. The van der Waals surface area contributed by atoms with Gasteiger partial charge >= 0.3 is 5.97 Å². The molecule has 3 rings (SSSR count). The molecule has 3 aromatic rings. The smallest absolute Gasteiger partial charge is 0.358 e. The highest BCUT2D eigenvalue weighted by Gasteiger charge is 2.23. The number of nitrogens with zero attached hydrogens (tertiary/aromatic N) is 2. The van der Waals surface area contributed by atoms with E-state index < -0.39 is 11.8 Å². The summed E-state index contributed by atoms with van der Waals surface area (Å²) >= 11 is 12.2. The van der Waals surface area contributed by atoms with Gasteiger partial charge in [-0.2, -0.15) is 0 Å². The molecule has 7 nitrogen and oxygen atoms in total. The summed E-state index contributed by atoms with van der Waals surface area (Å²) in [7, 11) is 2.45. The fourth-order valence-electron chi connectivity index (χ4n) is 2.51. The maximum absolute atomic E-state index is 14.9. The van der Waals surface area contributed by atoms with Crippen LogP contribution in [-0.2, 0) is 4.74 Å². The van der Waals surface area contributed by atoms with Crippen LogP contribution in [0.3, 0.4) is 0 Å². The molecule has 0 aliphatic carbocycles. The van der Waals surface area contributed by atoms with Crippen molar-refractivity contribution in [2.24, 2.45) is 0 Å². The number of carbonyl (C=O) groups is 1. The lowest BCUT2D eigenvalue weighted by Crippen LogP contribution is -2.11. The SMILES string of the molecule is COC(=O)c1nc(-c2ccc(Cl)c(OC)c2F)nc(Nc2ccccc2N)c1Cl. The third-order valence-electron chi connectivity index (χ3n) is 3.94. The average Bonchev–Trinajstić information content (AvgIpc) is 2.71. The number of hydrogen-bond acceptors (Lipinski definition) is 7. The molecular formula is C19H15Cl2FN4O3. The second-order valence-corrected chi connectivity index (χ2v) is 6.49. The van der Waals surface area contributed by atoms with Gasteiger partial charge in [0.25, 0.3) is 0 Å². The van der Waals surface area contributed by atoms with Crippen molar-refractivity contribution >= 4 is 46.4 Å². The van der Waals surface area contributed by atoms with Crippen molar-refractivity contribution in [1.82, 2.24) is 9.97 Å². The van der Waals surface area contributed by atoms with E-state index in [2.05, 4.69) is 15.3 Å². The van der Waals surface area contributed by atoms with Gasteiger partial charge in [0, 0.05) is 0 Å². The highest BCUT2D eigenvalue weighted by atomic mass is 35.5. The second kappa shape index (κ2) is 8.50. The fraction of sp³-hybridized carbons (Fsp3) is 0.105. The Balaban J connectivity index is 2.21. The van der Waals surface area contributed by atoms with Crippen LogP contribution in [0, 0.1) is 5.82 Å². The Morgan fingerprint density at radius 1 is 1.14 bits per heavy atom. The molecule has 0 fully saturated rings. The predicted octanol–water partition coefficient (Wildman–Crippen LogP) is 4.71. The molecule has 150 valence electrons. The summed E-state index contributed by atoms with van der Waals surface area (Å²) in [5.74, 6) is -1.86. The summed E-state index contributed by atoms with van der Waals surface area (Å²) < 4.78 is 24.6. The van der Waals surface area contributed by atoms with Crippen LogP contribution in [0.1, 0.15) is 10.5 Å². The number of rotatable bonds is 5. The maximum Gasteiger partial charge on any atom is 0.358 e. The first-order valence-electron chi connectivity index (χ1n) is 8.17. The van der Waals surface area contributed by atoms with E-state index in [0.717, 1.165) is 0 Å². The minimum Gasteiger partial charge on any atom is -0.492 e. The monoisotopic (exact) mass is 436 g/mol. The van der Waals surface area contributed by atoms with Gasteiger partial charge in [0.1, 0.15) is 5.02 Å². The van der Waals surface area contributed by atoms with Crippen molar-refractivity contribution in [2.75, 3.05) is 25.3 Å². The lowest BCUT2D eigenvalue weighted by atomic mass is 10.1. The lowest BCUT2D eigenvalue weighted by Gasteiger charge is -2.14. The number of methoxy groups -OCH3 is 2. The minimum absolute atomic E-state index is 0.0443. The van der Waals surface area contributed by atoms with Gasteiger partial charge in [-0.05, 0) is 24.3 Å². The first-order chi connectivity index (χ1) is 13.9. The number of anilines is 3. The predicted molar refractivity (Wildman–Crippen MR) is 109 cm³/mol. The first-order valence-corrected chi connectivity index (χ1v) is 8.92. The molecule has 0 atom stereocenters. The second-order valence-electron chi connectivity index (χ2n) is 5.70. The van der Waals surface area contributed by atoms with Gasteiger partial charge in [-0.15, -0.1) is 0 Å². The number of halogens is 3. The number of aromatic nitrogens is 2. The quantitative estimate of drug-likeness (QED) is 0.441. The molecule has 0 bridgehead atoms. The Hall–Kier alpha value is -3.10. The normalized spacial score (nSPS) is 10.5. The standard InChI is InChI=1S/C19H15Cl2FN4O3/c1-28-16-10(20)8-7-9(14(16)22)17-25-15(19(27)29-2)13(21)18(26-17)24-12-6-4-3-5-11(12)23/h3-8H,23H2,1-2H3,(H,24,25,26). The maximum atomic E-state index is 14.9. The summed E-state index contributed by atoms with van der Waals surface area (Å²) in [6.07, 6.45) is 0. The van der Waals surface area contributed by atoms with E-state index in [1.54, 1.807) is 24.3 Å². The van der Waals surface area contributed by atoms with Crippen LogP contribution in [0.4, 0.5) is 21.6 Å².